The smallest absolute Gasteiger partial charge is 0.242 e. The molecule has 0 N–H and O–H groups in total. The van der Waals surface area contributed by atoms with E-state index < -0.39 is 5.54 Å². The van der Waals surface area contributed by atoms with Gasteiger partial charge in [-0.15, -0.1) is 11.6 Å². The van der Waals surface area contributed by atoms with E-state index in [1.54, 1.807) is 17.2 Å². The average Bonchev–Trinajstić information content (AvgIpc) is 3.23. The lowest BCUT2D eigenvalue weighted by Crippen LogP contribution is -2.52. The summed E-state index contributed by atoms with van der Waals surface area (Å²) >= 11 is 5.72. The molecule has 1 aromatic heterocycles. The fourth-order valence-electron chi connectivity index (χ4n) is 2.89. The van der Waals surface area contributed by atoms with E-state index >= 15 is 0 Å². The Morgan fingerprint density at radius 2 is 2.08 bits per heavy atom. The Morgan fingerprint density at radius 3 is 2.60 bits per heavy atom. The number of hydrogen-bond acceptors (Lipinski definition) is 4. The standard InChI is InChI=1S/C18H27ClN2O4/c1-18(2,3)21(16(22)10-19)13-17(23)20(11-14-6-4-8-24-14)12-15-7-5-9-25-15/h4,6,8,15H,5,7,9-13H2,1-3H3. The van der Waals surface area contributed by atoms with Crippen molar-refractivity contribution in [1.29, 1.82) is 0 Å². The van der Waals surface area contributed by atoms with Crippen LogP contribution in [0.4, 0.5) is 0 Å². The van der Waals surface area contributed by atoms with E-state index in [0.29, 0.717) is 18.8 Å². The predicted molar refractivity (Wildman–Crippen MR) is 95.3 cm³/mol. The fourth-order valence-corrected chi connectivity index (χ4v) is 3.03. The summed E-state index contributed by atoms with van der Waals surface area (Å²) in [4.78, 5) is 28.3. The second-order valence-electron chi connectivity index (χ2n) is 7.27. The number of nitrogens with zero attached hydrogens (tertiary/aromatic N) is 2. The van der Waals surface area contributed by atoms with Gasteiger partial charge in [-0.1, -0.05) is 0 Å². The molecule has 1 fully saturated rings. The van der Waals surface area contributed by atoms with E-state index in [9.17, 15) is 9.59 Å². The van der Waals surface area contributed by atoms with Gasteiger partial charge in [-0.3, -0.25) is 9.59 Å². The van der Waals surface area contributed by atoms with Crippen molar-refractivity contribution in [2.24, 2.45) is 0 Å². The summed E-state index contributed by atoms with van der Waals surface area (Å²) in [5.41, 5.74) is -0.484. The maximum Gasteiger partial charge on any atom is 0.242 e. The van der Waals surface area contributed by atoms with E-state index in [1.807, 2.05) is 26.8 Å². The number of amides is 2. The molecule has 2 amide bonds. The van der Waals surface area contributed by atoms with Gasteiger partial charge in [0.2, 0.25) is 11.8 Å². The number of carbonyl (C=O) groups excluding carboxylic acids is 2. The topological polar surface area (TPSA) is 63.0 Å². The number of furan rings is 1. The van der Waals surface area contributed by atoms with E-state index in [-0.39, 0.29) is 30.3 Å². The molecule has 0 spiro atoms. The highest BCUT2D eigenvalue weighted by molar-refractivity contribution is 6.27. The van der Waals surface area contributed by atoms with Gasteiger partial charge in [0.25, 0.3) is 0 Å². The number of rotatable bonds is 7. The zero-order valence-electron chi connectivity index (χ0n) is 15.2. The maximum absolute atomic E-state index is 12.9. The monoisotopic (exact) mass is 370 g/mol. The molecule has 0 radical (unpaired) electrons. The van der Waals surface area contributed by atoms with Crippen LogP contribution in [-0.2, 0) is 20.9 Å². The van der Waals surface area contributed by atoms with Crippen LogP contribution in [0.15, 0.2) is 22.8 Å². The molecule has 6 nitrogen and oxygen atoms in total. The highest BCUT2D eigenvalue weighted by Gasteiger charge is 2.31. The zero-order valence-corrected chi connectivity index (χ0v) is 15.9. The maximum atomic E-state index is 12.9. The lowest BCUT2D eigenvalue weighted by Gasteiger charge is -2.36. The molecule has 1 saturated heterocycles. The molecule has 7 heteroatoms. The SMILES string of the molecule is CC(C)(C)N(CC(=O)N(Cc1ccco1)CC1CCCO1)C(=O)CCl. The van der Waals surface area contributed by atoms with Crippen molar-refractivity contribution in [3.63, 3.8) is 0 Å². The van der Waals surface area contributed by atoms with Crippen molar-refractivity contribution in [1.82, 2.24) is 9.80 Å². The molecule has 0 aliphatic carbocycles. The lowest BCUT2D eigenvalue weighted by molar-refractivity contribution is -0.144. The van der Waals surface area contributed by atoms with Gasteiger partial charge in [-0.2, -0.15) is 0 Å². The van der Waals surface area contributed by atoms with E-state index in [1.165, 1.54) is 4.90 Å². The van der Waals surface area contributed by atoms with Crippen molar-refractivity contribution in [3.8, 4) is 0 Å². The summed E-state index contributed by atoms with van der Waals surface area (Å²) in [6.07, 6.45) is 3.56. The molecule has 0 bridgehead atoms. The first kappa shape index (κ1) is 19.8. The summed E-state index contributed by atoms with van der Waals surface area (Å²) in [5, 5.41) is 0. The van der Waals surface area contributed by atoms with Gasteiger partial charge in [0.05, 0.1) is 18.9 Å². The molecule has 2 rings (SSSR count). The molecule has 1 unspecified atom stereocenters. The van der Waals surface area contributed by atoms with Gasteiger partial charge in [0.1, 0.15) is 18.2 Å². The van der Waals surface area contributed by atoms with Crippen LogP contribution in [0.1, 0.15) is 39.4 Å². The third-order valence-electron chi connectivity index (χ3n) is 4.25. The van der Waals surface area contributed by atoms with Crippen LogP contribution in [0.2, 0.25) is 0 Å². The molecule has 0 saturated carbocycles. The minimum Gasteiger partial charge on any atom is -0.467 e. The second kappa shape index (κ2) is 8.72. The summed E-state index contributed by atoms with van der Waals surface area (Å²) < 4.78 is 11.1. The fraction of sp³-hybridized carbons (Fsp3) is 0.667. The van der Waals surface area contributed by atoms with Gasteiger partial charge in [0.15, 0.2) is 0 Å². The van der Waals surface area contributed by atoms with Gasteiger partial charge >= 0.3 is 0 Å². The number of carbonyl (C=O) groups is 2. The van der Waals surface area contributed by atoms with Gasteiger partial charge in [-0.25, -0.2) is 0 Å². The van der Waals surface area contributed by atoms with Crippen LogP contribution in [-0.4, -0.2) is 58.8 Å². The Morgan fingerprint density at radius 1 is 1.32 bits per heavy atom. The molecule has 2 heterocycles. The molecule has 1 aliphatic rings. The van der Waals surface area contributed by atoms with E-state index in [4.69, 9.17) is 20.8 Å². The van der Waals surface area contributed by atoms with Crippen molar-refractivity contribution in [2.75, 3.05) is 25.6 Å². The molecule has 1 aliphatic heterocycles. The highest BCUT2D eigenvalue weighted by atomic mass is 35.5. The summed E-state index contributed by atoms with van der Waals surface area (Å²) in [6.45, 7) is 7.24. The lowest BCUT2D eigenvalue weighted by atomic mass is 10.1. The van der Waals surface area contributed by atoms with Gasteiger partial charge in [0, 0.05) is 18.7 Å². The number of halogens is 1. The van der Waals surface area contributed by atoms with Crippen LogP contribution < -0.4 is 0 Å². The number of alkyl halides is 1. The Kier molecular flexibility index (Phi) is 6.90. The molecule has 1 atom stereocenters. The van der Waals surface area contributed by atoms with Crippen LogP contribution in [0, 0.1) is 0 Å². The number of ether oxygens (including phenoxy) is 1. The van der Waals surface area contributed by atoms with Crippen molar-refractivity contribution in [2.45, 2.75) is 51.8 Å². The second-order valence-corrected chi connectivity index (χ2v) is 7.54. The Hall–Kier alpha value is -1.53. The molecule has 0 aromatic carbocycles. The molecule has 1 aromatic rings. The number of hydrogen-bond donors (Lipinski definition) is 0. The summed E-state index contributed by atoms with van der Waals surface area (Å²) in [6, 6.07) is 3.63. The minimum absolute atomic E-state index is 0.0114. The Balaban J connectivity index is 2.10. The normalized spacial score (nSPS) is 17.5. The van der Waals surface area contributed by atoms with Crippen molar-refractivity contribution < 1.29 is 18.7 Å². The van der Waals surface area contributed by atoms with Crippen molar-refractivity contribution >= 4 is 23.4 Å². The molecular weight excluding hydrogens is 344 g/mol. The summed E-state index contributed by atoms with van der Waals surface area (Å²) in [5.74, 6) is 0.171. The van der Waals surface area contributed by atoms with E-state index in [2.05, 4.69) is 0 Å². The van der Waals surface area contributed by atoms with E-state index in [0.717, 1.165) is 19.4 Å². The van der Waals surface area contributed by atoms with Crippen LogP contribution in [0.5, 0.6) is 0 Å². The predicted octanol–water partition coefficient (Wildman–Crippen LogP) is 2.65. The quantitative estimate of drug-likeness (QED) is 0.692. The van der Waals surface area contributed by atoms with Crippen LogP contribution in [0.3, 0.4) is 0 Å². The Labute approximate surface area is 154 Å². The summed E-state index contributed by atoms with van der Waals surface area (Å²) in [7, 11) is 0. The largest absolute Gasteiger partial charge is 0.467 e. The third-order valence-corrected chi connectivity index (χ3v) is 4.47. The Bertz CT molecular complexity index is 562. The first-order valence-electron chi connectivity index (χ1n) is 8.59. The molecular formula is C18H27ClN2O4. The first-order valence-corrected chi connectivity index (χ1v) is 9.13. The van der Waals surface area contributed by atoms with Gasteiger partial charge in [-0.05, 0) is 45.7 Å². The van der Waals surface area contributed by atoms with Crippen LogP contribution in [0.25, 0.3) is 0 Å². The minimum atomic E-state index is -0.484. The van der Waals surface area contributed by atoms with Crippen molar-refractivity contribution in [3.05, 3.63) is 24.2 Å². The third kappa shape index (κ3) is 5.75. The zero-order chi connectivity index (χ0) is 18.4. The molecule has 25 heavy (non-hydrogen) atoms. The highest BCUT2D eigenvalue weighted by Crippen LogP contribution is 2.18. The molecule has 140 valence electrons. The van der Waals surface area contributed by atoms with Gasteiger partial charge < -0.3 is 19.0 Å². The average molecular weight is 371 g/mol. The van der Waals surface area contributed by atoms with Crippen LogP contribution >= 0.6 is 11.6 Å². The first-order chi connectivity index (χ1) is 11.8.